The Balaban J connectivity index is 1.92. The molecule has 130 valence electrons. The number of aryl methyl sites for hydroxylation is 2. The maximum atomic E-state index is 13.0. The summed E-state index contributed by atoms with van der Waals surface area (Å²) in [4.78, 5) is 2.13. The van der Waals surface area contributed by atoms with Gasteiger partial charge in [0.25, 0.3) is 0 Å². The summed E-state index contributed by atoms with van der Waals surface area (Å²) in [6, 6.07) is 3.76. The molecule has 0 radical (unpaired) electrons. The van der Waals surface area contributed by atoms with Gasteiger partial charge in [-0.15, -0.1) is 0 Å². The fourth-order valence-corrected chi connectivity index (χ4v) is 3.44. The summed E-state index contributed by atoms with van der Waals surface area (Å²) < 4.78 is 40.8. The summed E-state index contributed by atoms with van der Waals surface area (Å²) in [5, 5.41) is 4.41. The predicted octanol–water partition coefficient (Wildman–Crippen LogP) is 3.07. The van der Waals surface area contributed by atoms with Crippen molar-refractivity contribution in [1.29, 1.82) is 0 Å². The van der Waals surface area contributed by atoms with Gasteiger partial charge in [-0.1, -0.05) is 6.07 Å². The van der Waals surface area contributed by atoms with Crippen LogP contribution in [0.3, 0.4) is 0 Å². The van der Waals surface area contributed by atoms with Gasteiger partial charge in [-0.3, -0.25) is 9.58 Å². The van der Waals surface area contributed by atoms with Crippen molar-refractivity contribution in [1.82, 2.24) is 14.7 Å². The van der Waals surface area contributed by atoms with Crippen LogP contribution >= 0.6 is 0 Å². The minimum atomic E-state index is -4.34. The van der Waals surface area contributed by atoms with E-state index in [1.165, 1.54) is 6.07 Å². The van der Waals surface area contributed by atoms with Gasteiger partial charge >= 0.3 is 6.18 Å². The Labute approximate surface area is 139 Å². The molecule has 1 atom stereocenters. The van der Waals surface area contributed by atoms with E-state index < -0.39 is 11.7 Å². The van der Waals surface area contributed by atoms with Crippen molar-refractivity contribution in [2.24, 2.45) is 12.8 Å². The summed E-state index contributed by atoms with van der Waals surface area (Å²) in [6.45, 7) is 5.46. The van der Waals surface area contributed by atoms with Crippen molar-refractivity contribution in [2.75, 3.05) is 6.54 Å². The van der Waals surface area contributed by atoms with Crippen LogP contribution in [0.25, 0.3) is 0 Å². The topological polar surface area (TPSA) is 47.1 Å². The molecule has 7 heteroatoms. The number of nitrogens with two attached hydrogens (primary N) is 1. The normalized spacial score (nSPS) is 18.2. The molecule has 2 N–H and O–H groups in total. The van der Waals surface area contributed by atoms with Gasteiger partial charge in [-0.25, -0.2) is 0 Å². The molecule has 3 rings (SSSR count). The van der Waals surface area contributed by atoms with Crippen molar-refractivity contribution in [3.05, 3.63) is 51.8 Å². The van der Waals surface area contributed by atoms with Gasteiger partial charge in [0.05, 0.1) is 11.3 Å². The Morgan fingerprint density at radius 2 is 2.00 bits per heavy atom. The number of halogens is 3. The van der Waals surface area contributed by atoms with E-state index in [4.69, 9.17) is 5.73 Å². The minimum absolute atomic E-state index is 0.207. The molecule has 1 aromatic heterocycles. The Kier molecular flexibility index (Phi) is 4.17. The second-order valence-electron chi connectivity index (χ2n) is 6.34. The van der Waals surface area contributed by atoms with Gasteiger partial charge in [0.2, 0.25) is 0 Å². The van der Waals surface area contributed by atoms with Gasteiger partial charge in [0, 0.05) is 44.0 Å². The predicted molar refractivity (Wildman–Crippen MR) is 85.2 cm³/mol. The first kappa shape index (κ1) is 17.0. The third-order valence-electron chi connectivity index (χ3n) is 4.89. The standard InChI is InChI=1S/C17H21F3N4/c1-10-15(11(2)23(3)22-10)9-24-8-12-4-5-13(17(18,19)20)6-14(12)16(24)7-21/h4-6,16H,7-9,21H2,1-3H3. The van der Waals surface area contributed by atoms with Crippen LogP contribution in [0.2, 0.25) is 0 Å². The van der Waals surface area contributed by atoms with E-state index in [0.29, 0.717) is 18.7 Å². The van der Waals surface area contributed by atoms with Crippen molar-refractivity contribution < 1.29 is 13.2 Å². The number of aromatic nitrogens is 2. The first-order valence-electron chi connectivity index (χ1n) is 7.85. The van der Waals surface area contributed by atoms with Crippen LogP contribution in [0.4, 0.5) is 13.2 Å². The zero-order valence-corrected chi connectivity index (χ0v) is 14.0. The fraction of sp³-hybridized carbons (Fsp3) is 0.471. The third kappa shape index (κ3) is 2.82. The van der Waals surface area contributed by atoms with Crippen molar-refractivity contribution >= 4 is 0 Å². The minimum Gasteiger partial charge on any atom is -0.329 e. The summed E-state index contributed by atoms with van der Waals surface area (Å²) in [6.07, 6.45) is -4.34. The SMILES string of the molecule is Cc1nn(C)c(C)c1CN1Cc2ccc(C(F)(F)F)cc2C1CN. The van der Waals surface area contributed by atoms with Crippen molar-refractivity contribution in [3.63, 3.8) is 0 Å². The lowest BCUT2D eigenvalue weighted by atomic mass is 10.0. The molecular formula is C17H21F3N4. The van der Waals surface area contributed by atoms with E-state index in [1.54, 1.807) is 6.07 Å². The molecule has 0 spiro atoms. The van der Waals surface area contributed by atoms with Gasteiger partial charge < -0.3 is 5.73 Å². The summed E-state index contributed by atoms with van der Waals surface area (Å²) >= 11 is 0. The lowest BCUT2D eigenvalue weighted by Gasteiger charge is -2.24. The highest BCUT2D eigenvalue weighted by Gasteiger charge is 2.35. The second kappa shape index (κ2) is 5.89. The molecule has 4 nitrogen and oxygen atoms in total. The first-order chi connectivity index (χ1) is 11.2. The van der Waals surface area contributed by atoms with E-state index in [-0.39, 0.29) is 12.6 Å². The summed E-state index contributed by atoms with van der Waals surface area (Å²) in [5.74, 6) is 0. The van der Waals surface area contributed by atoms with Crippen LogP contribution < -0.4 is 5.73 Å². The molecule has 0 saturated heterocycles. The van der Waals surface area contributed by atoms with E-state index in [1.807, 2.05) is 25.6 Å². The van der Waals surface area contributed by atoms with Gasteiger partial charge in [0.1, 0.15) is 0 Å². The Bertz CT molecular complexity index is 764. The highest BCUT2D eigenvalue weighted by molar-refractivity contribution is 5.39. The maximum absolute atomic E-state index is 13.0. The zero-order chi connectivity index (χ0) is 17.6. The zero-order valence-electron chi connectivity index (χ0n) is 14.0. The highest BCUT2D eigenvalue weighted by atomic mass is 19.4. The highest BCUT2D eigenvalue weighted by Crippen LogP contribution is 2.39. The molecule has 0 fully saturated rings. The molecule has 1 aliphatic rings. The first-order valence-corrected chi connectivity index (χ1v) is 7.85. The largest absolute Gasteiger partial charge is 0.416 e. The van der Waals surface area contributed by atoms with E-state index in [0.717, 1.165) is 28.6 Å². The number of hydrogen-bond donors (Lipinski definition) is 1. The maximum Gasteiger partial charge on any atom is 0.416 e. The third-order valence-corrected chi connectivity index (χ3v) is 4.89. The van der Waals surface area contributed by atoms with Gasteiger partial charge in [0.15, 0.2) is 0 Å². The van der Waals surface area contributed by atoms with E-state index in [9.17, 15) is 13.2 Å². The molecule has 1 unspecified atom stereocenters. The van der Waals surface area contributed by atoms with Crippen LogP contribution in [-0.4, -0.2) is 21.2 Å². The van der Waals surface area contributed by atoms with Gasteiger partial charge in [-0.2, -0.15) is 18.3 Å². The van der Waals surface area contributed by atoms with E-state index in [2.05, 4.69) is 10.00 Å². The molecule has 1 aromatic carbocycles. The van der Waals surface area contributed by atoms with E-state index >= 15 is 0 Å². The smallest absolute Gasteiger partial charge is 0.329 e. The lowest BCUT2D eigenvalue weighted by molar-refractivity contribution is -0.137. The summed E-state index contributed by atoms with van der Waals surface area (Å²) in [7, 11) is 1.89. The number of rotatable bonds is 3. The quantitative estimate of drug-likeness (QED) is 0.936. The van der Waals surface area contributed by atoms with Crippen molar-refractivity contribution in [3.8, 4) is 0 Å². The van der Waals surface area contributed by atoms with Crippen LogP contribution in [0.5, 0.6) is 0 Å². The molecular weight excluding hydrogens is 317 g/mol. The molecule has 2 aromatic rings. The van der Waals surface area contributed by atoms with Crippen LogP contribution in [0.15, 0.2) is 18.2 Å². The second-order valence-corrected chi connectivity index (χ2v) is 6.34. The van der Waals surface area contributed by atoms with Gasteiger partial charge in [-0.05, 0) is 37.1 Å². The Morgan fingerprint density at radius 3 is 2.54 bits per heavy atom. The monoisotopic (exact) mass is 338 g/mol. The number of nitrogens with zero attached hydrogens (tertiary/aromatic N) is 3. The molecule has 24 heavy (non-hydrogen) atoms. The van der Waals surface area contributed by atoms with Crippen molar-refractivity contribution in [2.45, 2.75) is 39.2 Å². The molecule has 2 heterocycles. The number of benzene rings is 1. The average molecular weight is 338 g/mol. The molecule has 0 aliphatic carbocycles. The average Bonchev–Trinajstić information content (AvgIpc) is 2.97. The molecule has 1 aliphatic heterocycles. The fourth-order valence-electron chi connectivity index (χ4n) is 3.44. The Hall–Kier alpha value is -1.86. The summed E-state index contributed by atoms with van der Waals surface area (Å²) in [5.41, 5.74) is 9.99. The van der Waals surface area contributed by atoms with Crippen LogP contribution in [-0.2, 0) is 26.3 Å². The van der Waals surface area contributed by atoms with Crippen LogP contribution in [0.1, 0.15) is 39.7 Å². The molecule has 0 amide bonds. The number of alkyl halides is 3. The molecule has 0 saturated carbocycles. The molecule has 0 bridgehead atoms. The van der Waals surface area contributed by atoms with Crippen LogP contribution in [0, 0.1) is 13.8 Å². The number of hydrogen-bond acceptors (Lipinski definition) is 3. The lowest BCUT2D eigenvalue weighted by Crippen LogP contribution is -2.28. The number of fused-ring (bicyclic) bond motifs is 1. The Morgan fingerprint density at radius 1 is 1.29 bits per heavy atom.